The maximum absolute atomic E-state index is 13.3. The second kappa shape index (κ2) is 9.65. The molecule has 30 heavy (non-hydrogen) atoms. The van der Waals surface area contributed by atoms with Crippen molar-refractivity contribution in [3.8, 4) is 0 Å². The Hall–Kier alpha value is -2.33. The Morgan fingerprint density at radius 3 is 2.70 bits per heavy atom. The van der Waals surface area contributed by atoms with Crippen LogP contribution in [0.4, 0.5) is 0 Å². The van der Waals surface area contributed by atoms with Crippen molar-refractivity contribution in [1.82, 2.24) is 14.5 Å². The molecule has 0 aliphatic heterocycles. The number of hydrogen-bond acceptors (Lipinski definition) is 2. The van der Waals surface area contributed by atoms with Crippen molar-refractivity contribution in [2.24, 2.45) is 0 Å². The third kappa shape index (κ3) is 4.54. The molecular weight excluding hydrogens is 394 g/mol. The van der Waals surface area contributed by atoms with Crippen LogP contribution >= 0.6 is 11.6 Å². The van der Waals surface area contributed by atoms with Crippen molar-refractivity contribution in [2.45, 2.75) is 64.5 Å². The molecule has 0 unspecified atom stereocenters. The number of fused-ring (bicyclic) bond motifs is 1. The molecule has 158 valence electrons. The lowest BCUT2D eigenvalue weighted by atomic mass is 9.95. The highest BCUT2D eigenvalue weighted by molar-refractivity contribution is 6.30. The van der Waals surface area contributed by atoms with Crippen LogP contribution in [0.2, 0.25) is 5.02 Å². The van der Waals surface area contributed by atoms with Gasteiger partial charge in [-0.3, -0.25) is 4.79 Å². The normalized spacial score (nSPS) is 14.9. The van der Waals surface area contributed by atoms with Crippen molar-refractivity contribution < 1.29 is 4.79 Å². The molecular formula is C25H30ClN3O. The lowest BCUT2D eigenvalue weighted by Crippen LogP contribution is -2.33. The van der Waals surface area contributed by atoms with Crippen molar-refractivity contribution in [3.05, 3.63) is 64.9 Å². The number of imidazole rings is 1. The molecule has 4 rings (SSSR count). The molecule has 2 aromatic carbocycles. The van der Waals surface area contributed by atoms with Crippen LogP contribution in [0.3, 0.4) is 0 Å². The summed E-state index contributed by atoms with van der Waals surface area (Å²) in [6.45, 7) is 3.39. The Kier molecular flexibility index (Phi) is 6.73. The van der Waals surface area contributed by atoms with Crippen LogP contribution in [0, 0.1) is 0 Å². The Morgan fingerprint density at radius 2 is 1.93 bits per heavy atom. The first-order valence-electron chi connectivity index (χ1n) is 11.2. The van der Waals surface area contributed by atoms with Crippen LogP contribution in [0.1, 0.15) is 74.1 Å². The van der Waals surface area contributed by atoms with Gasteiger partial charge >= 0.3 is 0 Å². The van der Waals surface area contributed by atoms with E-state index in [2.05, 4.69) is 29.7 Å². The van der Waals surface area contributed by atoms with Crippen LogP contribution < -0.4 is 0 Å². The van der Waals surface area contributed by atoms with E-state index in [9.17, 15) is 4.79 Å². The lowest BCUT2D eigenvalue weighted by molar-refractivity contribution is 0.0733. The molecule has 1 aliphatic rings. The van der Waals surface area contributed by atoms with Crippen LogP contribution in [0.5, 0.6) is 0 Å². The summed E-state index contributed by atoms with van der Waals surface area (Å²) in [4.78, 5) is 20.3. The zero-order chi connectivity index (χ0) is 20.9. The van der Waals surface area contributed by atoms with Gasteiger partial charge in [-0.2, -0.15) is 0 Å². The Bertz CT molecular complexity index is 1010. The summed E-state index contributed by atoms with van der Waals surface area (Å²) >= 11 is 6.15. The molecule has 1 heterocycles. The molecule has 1 amide bonds. The number of amides is 1. The fourth-order valence-corrected chi connectivity index (χ4v) is 4.72. The summed E-state index contributed by atoms with van der Waals surface area (Å²) in [6, 6.07) is 16.1. The quantitative estimate of drug-likeness (QED) is 0.427. The number of halogens is 1. The number of benzene rings is 2. The van der Waals surface area contributed by atoms with E-state index in [1.54, 1.807) is 12.1 Å². The van der Waals surface area contributed by atoms with Gasteiger partial charge in [-0.1, -0.05) is 62.4 Å². The summed E-state index contributed by atoms with van der Waals surface area (Å²) in [5.41, 5.74) is 2.84. The molecule has 0 radical (unpaired) electrons. The maximum Gasteiger partial charge on any atom is 0.254 e. The summed E-state index contributed by atoms with van der Waals surface area (Å²) in [7, 11) is 0. The topological polar surface area (TPSA) is 38.1 Å². The number of carbonyl (C=O) groups excluding carboxylic acids is 1. The molecule has 0 spiro atoms. The van der Waals surface area contributed by atoms with Crippen LogP contribution in [-0.2, 0) is 6.54 Å². The van der Waals surface area contributed by atoms with Crippen molar-refractivity contribution in [3.63, 3.8) is 0 Å². The fraction of sp³-hybridized carbons (Fsp3) is 0.440. The number of aromatic nitrogens is 2. The van der Waals surface area contributed by atoms with E-state index in [1.807, 2.05) is 23.1 Å². The molecule has 1 aromatic heterocycles. The molecule has 1 aliphatic carbocycles. The first kappa shape index (κ1) is 20.9. The van der Waals surface area contributed by atoms with E-state index in [0.717, 1.165) is 30.7 Å². The van der Waals surface area contributed by atoms with E-state index in [0.29, 0.717) is 23.2 Å². The summed E-state index contributed by atoms with van der Waals surface area (Å²) in [5, 5.41) is 0.589. The fourth-order valence-electron chi connectivity index (χ4n) is 4.53. The minimum absolute atomic E-state index is 0.0215. The van der Waals surface area contributed by atoms with Crippen LogP contribution in [-0.4, -0.2) is 26.9 Å². The van der Waals surface area contributed by atoms with Crippen LogP contribution in [0.15, 0.2) is 48.5 Å². The first-order chi connectivity index (χ1) is 14.7. The summed E-state index contributed by atoms with van der Waals surface area (Å²) < 4.78 is 2.42. The van der Waals surface area contributed by atoms with Gasteiger partial charge in [0.2, 0.25) is 0 Å². The third-order valence-corrected chi connectivity index (χ3v) is 6.32. The average molecular weight is 424 g/mol. The summed E-state index contributed by atoms with van der Waals surface area (Å²) in [6.07, 6.45) is 8.22. The van der Waals surface area contributed by atoms with Crippen molar-refractivity contribution >= 4 is 28.5 Å². The highest BCUT2D eigenvalue weighted by Gasteiger charge is 2.24. The van der Waals surface area contributed by atoms with E-state index >= 15 is 0 Å². The minimum atomic E-state index is 0.0215. The predicted molar refractivity (Wildman–Crippen MR) is 123 cm³/mol. The largest absolute Gasteiger partial charge is 0.331 e. The number of hydrogen-bond donors (Lipinski definition) is 0. The van der Waals surface area contributed by atoms with E-state index < -0.39 is 0 Å². The number of unbranched alkanes of at least 4 members (excludes halogenated alkanes) is 1. The monoisotopic (exact) mass is 423 g/mol. The van der Waals surface area contributed by atoms with Gasteiger partial charge in [0.05, 0.1) is 17.6 Å². The van der Waals surface area contributed by atoms with Crippen LogP contribution in [0.25, 0.3) is 11.0 Å². The molecule has 1 saturated carbocycles. The molecule has 1 fully saturated rings. The Labute approximate surface area is 183 Å². The Balaban J connectivity index is 1.69. The highest BCUT2D eigenvalue weighted by Crippen LogP contribution is 2.33. The van der Waals surface area contributed by atoms with Gasteiger partial charge in [0.25, 0.3) is 5.91 Å². The smallest absolute Gasteiger partial charge is 0.254 e. The van der Waals surface area contributed by atoms with E-state index in [1.165, 1.54) is 37.6 Å². The van der Waals surface area contributed by atoms with Crippen molar-refractivity contribution in [1.29, 1.82) is 0 Å². The van der Waals surface area contributed by atoms with Gasteiger partial charge in [-0.15, -0.1) is 0 Å². The predicted octanol–water partition coefficient (Wildman–Crippen LogP) is 6.64. The SMILES string of the molecule is CCCCN(Cc1nc2ccccc2n1C1CCCCC1)C(=O)c1cccc(Cl)c1. The number of nitrogens with zero attached hydrogens (tertiary/aromatic N) is 3. The molecule has 5 heteroatoms. The van der Waals surface area contributed by atoms with E-state index in [4.69, 9.17) is 16.6 Å². The van der Waals surface area contributed by atoms with E-state index in [-0.39, 0.29) is 5.91 Å². The molecule has 3 aromatic rings. The standard InChI is InChI=1S/C25H30ClN3O/c1-2-3-16-28(25(30)19-10-9-11-20(26)17-19)18-24-27-22-14-7-8-15-23(22)29(24)21-12-5-4-6-13-21/h7-11,14-15,17,21H,2-6,12-13,16,18H2,1H3. The van der Waals surface area contributed by atoms with Gasteiger partial charge in [0.15, 0.2) is 0 Å². The molecule has 4 nitrogen and oxygen atoms in total. The molecule has 0 atom stereocenters. The number of para-hydroxylation sites is 2. The van der Waals surface area contributed by atoms with Gasteiger partial charge < -0.3 is 9.47 Å². The minimum Gasteiger partial charge on any atom is -0.331 e. The zero-order valence-electron chi connectivity index (χ0n) is 17.7. The van der Waals surface area contributed by atoms with Gasteiger partial charge in [0.1, 0.15) is 5.82 Å². The Morgan fingerprint density at radius 1 is 1.13 bits per heavy atom. The second-order valence-corrected chi connectivity index (χ2v) is 8.71. The first-order valence-corrected chi connectivity index (χ1v) is 11.6. The lowest BCUT2D eigenvalue weighted by Gasteiger charge is -2.28. The summed E-state index contributed by atoms with van der Waals surface area (Å²) in [5.74, 6) is 1.02. The maximum atomic E-state index is 13.3. The zero-order valence-corrected chi connectivity index (χ0v) is 18.4. The van der Waals surface area contributed by atoms with Gasteiger partial charge in [-0.05, 0) is 49.6 Å². The average Bonchev–Trinajstić information content (AvgIpc) is 3.14. The second-order valence-electron chi connectivity index (χ2n) is 8.27. The molecule has 0 N–H and O–H groups in total. The third-order valence-electron chi connectivity index (χ3n) is 6.08. The van der Waals surface area contributed by atoms with Gasteiger partial charge in [0, 0.05) is 23.2 Å². The number of carbonyl (C=O) groups is 1. The number of rotatable bonds is 7. The van der Waals surface area contributed by atoms with Gasteiger partial charge in [-0.25, -0.2) is 4.98 Å². The molecule has 0 saturated heterocycles. The van der Waals surface area contributed by atoms with Crippen molar-refractivity contribution in [2.75, 3.05) is 6.54 Å². The highest BCUT2D eigenvalue weighted by atomic mass is 35.5. The molecule has 0 bridgehead atoms.